The van der Waals surface area contributed by atoms with Crippen molar-refractivity contribution in [1.29, 1.82) is 0 Å². The molecule has 0 fully saturated rings. The van der Waals surface area contributed by atoms with Gasteiger partial charge >= 0.3 is 0 Å². The van der Waals surface area contributed by atoms with Gasteiger partial charge in [0.15, 0.2) is 0 Å². The second-order valence-electron chi connectivity index (χ2n) is 7.27. The van der Waals surface area contributed by atoms with E-state index in [0.29, 0.717) is 12.5 Å². The smallest absolute Gasteiger partial charge is 0.263 e. The maximum atomic E-state index is 12.7. The first-order valence-corrected chi connectivity index (χ1v) is 9.10. The number of carbonyl (C=O) groups excluding carboxylic acids is 1. The lowest BCUT2D eigenvalue weighted by Crippen LogP contribution is -2.39. The number of allylic oxidation sites excluding steroid dienone is 1. The number of hydrogen-bond donors (Lipinski definition) is 1. The van der Waals surface area contributed by atoms with Crippen LogP contribution in [0.3, 0.4) is 0 Å². The Bertz CT molecular complexity index is 671. The maximum Gasteiger partial charge on any atom is 0.263 e. The topological polar surface area (TPSA) is 51.1 Å². The Labute approximate surface area is 145 Å². The third-order valence-corrected chi connectivity index (χ3v) is 4.78. The highest BCUT2D eigenvalue weighted by Crippen LogP contribution is 2.20. The molecular weight excluding hydrogens is 300 g/mol. The van der Waals surface area contributed by atoms with Crippen LogP contribution in [-0.4, -0.2) is 16.5 Å². The van der Waals surface area contributed by atoms with Crippen molar-refractivity contribution in [2.24, 2.45) is 5.92 Å². The van der Waals surface area contributed by atoms with Gasteiger partial charge < -0.3 is 9.88 Å². The summed E-state index contributed by atoms with van der Waals surface area (Å²) in [5.41, 5.74) is 2.12. The molecule has 132 valence electrons. The van der Waals surface area contributed by atoms with Gasteiger partial charge in [-0.2, -0.15) is 0 Å². The van der Waals surface area contributed by atoms with Crippen LogP contribution in [0.1, 0.15) is 68.8 Å². The van der Waals surface area contributed by atoms with Gasteiger partial charge in [0.1, 0.15) is 5.56 Å². The molecule has 0 radical (unpaired) electrons. The molecule has 1 aromatic heterocycles. The normalized spacial score (nSPS) is 16.0. The van der Waals surface area contributed by atoms with Crippen molar-refractivity contribution in [2.75, 3.05) is 0 Å². The average Bonchev–Trinajstić information content (AvgIpc) is 2.54. The van der Waals surface area contributed by atoms with Crippen LogP contribution in [0.4, 0.5) is 0 Å². The molecule has 0 spiro atoms. The number of pyridine rings is 1. The van der Waals surface area contributed by atoms with E-state index in [4.69, 9.17) is 0 Å². The van der Waals surface area contributed by atoms with E-state index in [1.807, 2.05) is 19.9 Å². The lowest BCUT2D eigenvalue weighted by atomic mass is 9.94. The monoisotopic (exact) mass is 330 g/mol. The molecule has 0 aromatic carbocycles. The van der Waals surface area contributed by atoms with Gasteiger partial charge in [-0.1, -0.05) is 25.5 Å². The minimum absolute atomic E-state index is 0.0130. The number of aryl methyl sites for hydroxylation is 2. The lowest BCUT2D eigenvalue weighted by molar-refractivity contribution is 0.0941. The molecule has 1 aliphatic rings. The van der Waals surface area contributed by atoms with Crippen molar-refractivity contribution < 1.29 is 4.79 Å². The van der Waals surface area contributed by atoms with Gasteiger partial charge in [0, 0.05) is 18.8 Å². The van der Waals surface area contributed by atoms with Crippen molar-refractivity contribution in [1.82, 2.24) is 9.88 Å². The molecule has 1 heterocycles. The zero-order valence-corrected chi connectivity index (χ0v) is 15.4. The van der Waals surface area contributed by atoms with Gasteiger partial charge in [-0.05, 0) is 63.5 Å². The van der Waals surface area contributed by atoms with E-state index < -0.39 is 0 Å². The van der Waals surface area contributed by atoms with Crippen molar-refractivity contribution in [3.63, 3.8) is 0 Å². The van der Waals surface area contributed by atoms with Gasteiger partial charge in [0.05, 0.1) is 0 Å². The van der Waals surface area contributed by atoms with Gasteiger partial charge in [-0.15, -0.1) is 0 Å². The van der Waals surface area contributed by atoms with Gasteiger partial charge in [-0.3, -0.25) is 9.59 Å². The van der Waals surface area contributed by atoms with E-state index in [9.17, 15) is 9.59 Å². The highest BCUT2D eigenvalue weighted by Gasteiger charge is 2.20. The highest BCUT2D eigenvalue weighted by molar-refractivity contribution is 5.95. The number of nitrogens with zero attached hydrogens (tertiary/aromatic N) is 1. The van der Waals surface area contributed by atoms with Crippen LogP contribution in [0.15, 0.2) is 28.7 Å². The Hall–Kier alpha value is -1.84. The van der Waals surface area contributed by atoms with E-state index >= 15 is 0 Å². The fourth-order valence-electron chi connectivity index (χ4n) is 3.13. The third kappa shape index (κ3) is 4.59. The molecule has 0 saturated carbocycles. The van der Waals surface area contributed by atoms with E-state index in [2.05, 4.69) is 25.2 Å². The summed E-state index contributed by atoms with van der Waals surface area (Å²) in [6.07, 6.45) is 9.47. The molecule has 1 unspecified atom stereocenters. The highest BCUT2D eigenvalue weighted by atomic mass is 16.2. The molecule has 0 aliphatic heterocycles. The van der Waals surface area contributed by atoms with E-state index in [1.165, 1.54) is 18.4 Å². The molecule has 2 rings (SSSR count). The molecule has 24 heavy (non-hydrogen) atoms. The average molecular weight is 330 g/mol. The molecule has 4 heteroatoms. The van der Waals surface area contributed by atoms with Crippen LogP contribution in [0.2, 0.25) is 0 Å². The Morgan fingerprint density at radius 1 is 1.29 bits per heavy atom. The summed E-state index contributed by atoms with van der Waals surface area (Å²) in [6, 6.07) is 1.85. The number of nitrogens with one attached hydrogen (secondary N) is 1. The maximum absolute atomic E-state index is 12.7. The second-order valence-corrected chi connectivity index (χ2v) is 7.27. The molecule has 1 N–H and O–H groups in total. The second kappa shape index (κ2) is 8.32. The molecule has 0 saturated heterocycles. The van der Waals surface area contributed by atoms with Crippen LogP contribution in [0.5, 0.6) is 0 Å². The van der Waals surface area contributed by atoms with Crippen molar-refractivity contribution in [2.45, 2.75) is 72.4 Å². The van der Waals surface area contributed by atoms with Crippen LogP contribution in [-0.2, 0) is 6.54 Å². The van der Waals surface area contributed by atoms with Crippen LogP contribution in [0.25, 0.3) is 0 Å². The minimum Gasteiger partial charge on any atom is -0.346 e. The molecule has 1 aliphatic carbocycles. The summed E-state index contributed by atoms with van der Waals surface area (Å²) in [7, 11) is 0. The minimum atomic E-state index is -0.254. The largest absolute Gasteiger partial charge is 0.346 e. The van der Waals surface area contributed by atoms with Crippen LogP contribution >= 0.6 is 0 Å². The Morgan fingerprint density at radius 3 is 2.67 bits per heavy atom. The Morgan fingerprint density at radius 2 is 2.04 bits per heavy atom. The lowest BCUT2D eigenvalue weighted by Gasteiger charge is -2.21. The predicted molar refractivity (Wildman–Crippen MR) is 98.4 cm³/mol. The molecule has 4 nitrogen and oxygen atoms in total. The van der Waals surface area contributed by atoms with Crippen LogP contribution < -0.4 is 10.9 Å². The molecule has 1 atom stereocenters. The summed E-state index contributed by atoms with van der Waals surface area (Å²) in [5.74, 6) is 0.268. The van der Waals surface area contributed by atoms with Crippen LogP contribution in [0, 0.1) is 12.8 Å². The summed E-state index contributed by atoms with van der Waals surface area (Å²) in [5, 5.41) is 3.02. The van der Waals surface area contributed by atoms with E-state index in [0.717, 1.165) is 24.8 Å². The number of rotatable bonds is 6. The summed E-state index contributed by atoms with van der Waals surface area (Å²) in [6.45, 7) is 8.74. The number of carbonyl (C=O) groups is 1. The van der Waals surface area contributed by atoms with Crippen molar-refractivity contribution in [3.05, 3.63) is 45.4 Å². The number of amides is 1. The summed E-state index contributed by atoms with van der Waals surface area (Å²) < 4.78 is 1.66. The first-order valence-electron chi connectivity index (χ1n) is 9.10. The Kier molecular flexibility index (Phi) is 6.41. The summed E-state index contributed by atoms with van der Waals surface area (Å²) >= 11 is 0. The number of hydrogen-bond acceptors (Lipinski definition) is 2. The fourth-order valence-corrected chi connectivity index (χ4v) is 3.13. The van der Waals surface area contributed by atoms with Crippen molar-refractivity contribution in [3.8, 4) is 0 Å². The van der Waals surface area contributed by atoms with E-state index in [-0.39, 0.29) is 23.1 Å². The quantitative estimate of drug-likeness (QED) is 0.806. The predicted octanol–water partition coefficient (Wildman–Crippen LogP) is 3.82. The number of aromatic nitrogens is 1. The van der Waals surface area contributed by atoms with Gasteiger partial charge in [0.25, 0.3) is 11.5 Å². The van der Waals surface area contributed by atoms with Gasteiger partial charge in [-0.25, -0.2) is 0 Å². The third-order valence-electron chi connectivity index (χ3n) is 4.78. The van der Waals surface area contributed by atoms with E-state index in [1.54, 1.807) is 10.8 Å². The zero-order chi connectivity index (χ0) is 17.7. The summed E-state index contributed by atoms with van der Waals surface area (Å²) in [4.78, 5) is 25.4. The molecule has 0 bridgehead atoms. The van der Waals surface area contributed by atoms with Crippen molar-refractivity contribution >= 4 is 5.91 Å². The molecular formula is C20H30N2O2. The first-order chi connectivity index (χ1) is 11.4. The molecule has 1 aromatic rings. The zero-order valence-electron chi connectivity index (χ0n) is 15.4. The fraction of sp³-hybridized carbons (Fsp3) is 0.600. The first kappa shape index (κ1) is 18.5. The Balaban J connectivity index is 2.17. The SMILES string of the molecule is Cc1ccn(CCC(C)C)c(=O)c1C(=O)NC(C)C1=CCCCC1. The molecule has 1 amide bonds. The standard InChI is InChI=1S/C20H30N2O2/c1-14(2)10-12-22-13-11-15(3)18(20(22)24)19(23)21-16(4)17-8-6-5-7-9-17/h8,11,13-14,16H,5-7,9-10,12H2,1-4H3,(H,21,23). The van der Waals surface area contributed by atoms with Gasteiger partial charge in [0.2, 0.25) is 0 Å².